The van der Waals surface area contributed by atoms with Gasteiger partial charge in [-0.2, -0.15) is 4.98 Å². The maximum atomic E-state index is 11.8. The number of morpholine rings is 1. The summed E-state index contributed by atoms with van der Waals surface area (Å²) in [5.41, 5.74) is -0.568. The van der Waals surface area contributed by atoms with Crippen molar-refractivity contribution in [2.75, 3.05) is 55.8 Å². The second-order valence-electron chi connectivity index (χ2n) is 7.68. The summed E-state index contributed by atoms with van der Waals surface area (Å²) in [5, 5.41) is 29.2. The van der Waals surface area contributed by atoms with Crippen molar-refractivity contribution in [3.05, 3.63) is 11.8 Å². The van der Waals surface area contributed by atoms with Crippen LogP contribution in [0.25, 0.3) is 0 Å². The third-order valence-corrected chi connectivity index (χ3v) is 5.51. The topological polar surface area (TPSA) is 119 Å². The minimum absolute atomic E-state index is 0.0410. The van der Waals surface area contributed by atoms with Crippen molar-refractivity contribution in [3.63, 3.8) is 0 Å². The molecule has 0 aliphatic carbocycles. The van der Waals surface area contributed by atoms with Gasteiger partial charge >= 0.3 is 5.97 Å². The van der Waals surface area contributed by atoms with Gasteiger partial charge in [-0.25, -0.2) is 4.98 Å². The molecule has 2 aliphatic heterocycles. The molecule has 2 saturated heterocycles. The van der Waals surface area contributed by atoms with Crippen LogP contribution in [-0.2, 0) is 14.9 Å². The van der Waals surface area contributed by atoms with E-state index in [1.807, 2.05) is 9.80 Å². The summed E-state index contributed by atoms with van der Waals surface area (Å²) < 4.78 is 5.41. The summed E-state index contributed by atoms with van der Waals surface area (Å²) in [6.07, 6.45) is 1.59. The number of anilines is 2. The van der Waals surface area contributed by atoms with Gasteiger partial charge < -0.3 is 29.9 Å². The summed E-state index contributed by atoms with van der Waals surface area (Å²) >= 11 is 0. The third kappa shape index (κ3) is 3.99. The predicted octanol–water partition coefficient (Wildman–Crippen LogP) is -0.145. The Bertz CT molecular complexity index is 678. The lowest BCUT2D eigenvalue weighted by Gasteiger charge is -2.37. The van der Waals surface area contributed by atoms with Gasteiger partial charge in [0.05, 0.1) is 24.7 Å². The molecule has 1 aromatic heterocycles. The number of nitrogens with zero attached hydrogens (tertiary/aromatic N) is 4. The number of piperidine rings is 1. The number of aliphatic hydroxyl groups excluding tert-OH is 2. The number of hydrogen-bond acceptors (Lipinski definition) is 8. The number of carboxylic acid groups (broad SMARTS) is 1. The molecule has 3 heterocycles. The Morgan fingerprint density at radius 1 is 1.30 bits per heavy atom. The zero-order valence-electron chi connectivity index (χ0n) is 15.8. The van der Waals surface area contributed by atoms with Crippen LogP contribution in [-0.4, -0.2) is 83.4 Å². The highest BCUT2D eigenvalue weighted by atomic mass is 16.5. The summed E-state index contributed by atoms with van der Waals surface area (Å²) in [6, 6.07) is 0. The predicted molar refractivity (Wildman–Crippen MR) is 99.1 cm³/mol. The largest absolute Gasteiger partial charge is 0.481 e. The van der Waals surface area contributed by atoms with Crippen molar-refractivity contribution < 1.29 is 24.9 Å². The standard InChI is InChI=1S/C18H28N4O5/c1-18(2,16(25)26)13-9-19-17(20-15(13)21-5-7-27-8-6-21)22-4-3-12(11-23)14(24)10-22/h9,12,14,23-24H,3-8,10-11H2,1-2H3,(H,25,26)/t12-,14+/m0/s1. The average molecular weight is 380 g/mol. The van der Waals surface area contributed by atoms with Gasteiger partial charge in [0.15, 0.2) is 0 Å². The summed E-state index contributed by atoms with van der Waals surface area (Å²) in [7, 11) is 0. The fourth-order valence-corrected chi connectivity index (χ4v) is 3.46. The lowest BCUT2D eigenvalue weighted by atomic mass is 9.85. The molecule has 9 heteroatoms. The number of ether oxygens (including phenoxy) is 1. The number of β-amino-alcohol motifs (C(OH)–C–C–N with tert-alkyl or cyclic N) is 1. The maximum absolute atomic E-state index is 11.8. The molecule has 27 heavy (non-hydrogen) atoms. The maximum Gasteiger partial charge on any atom is 0.313 e. The molecular formula is C18H28N4O5. The molecule has 0 aromatic carbocycles. The van der Waals surface area contributed by atoms with Gasteiger partial charge in [0.1, 0.15) is 5.82 Å². The molecule has 1 aromatic rings. The number of carbonyl (C=O) groups is 1. The summed E-state index contributed by atoms with van der Waals surface area (Å²) in [6.45, 7) is 6.62. The molecule has 2 aliphatic rings. The molecular weight excluding hydrogens is 352 g/mol. The molecule has 0 unspecified atom stereocenters. The number of carboxylic acids is 1. The fraction of sp³-hybridized carbons (Fsp3) is 0.722. The first kappa shape index (κ1) is 19.8. The van der Waals surface area contributed by atoms with Gasteiger partial charge in [-0.05, 0) is 20.3 Å². The van der Waals surface area contributed by atoms with Crippen molar-refractivity contribution in [2.45, 2.75) is 31.8 Å². The van der Waals surface area contributed by atoms with E-state index >= 15 is 0 Å². The average Bonchev–Trinajstić information content (AvgIpc) is 2.68. The second kappa shape index (κ2) is 7.95. The van der Waals surface area contributed by atoms with Gasteiger partial charge in [0, 0.05) is 50.5 Å². The van der Waals surface area contributed by atoms with Crippen LogP contribution in [0.3, 0.4) is 0 Å². The van der Waals surface area contributed by atoms with E-state index in [0.29, 0.717) is 63.1 Å². The Morgan fingerprint density at radius 2 is 2.00 bits per heavy atom. The zero-order chi connectivity index (χ0) is 19.6. The van der Waals surface area contributed by atoms with Crippen LogP contribution in [0.5, 0.6) is 0 Å². The van der Waals surface area contributed by atoms with E-state index < -0.39 is 17.5 Å². The number of aliphatic hydroxyl groups is 2. The van der Waals surface area contributed by atoms with Gasteiger partial charge in [-0.1, -0.05) is 0 Å². The van der Waals surface area contributed by atoms with Crippen molar-refractivity contribution in [2.24, 2.45) is 5.92 Å². The van der Waals surface area contributed by atoms with Crippen molar-refractivity contribution in [3.8, 4) is 0 Å². The van der Waals surface area contributed by atoms with E-state index in [0.717, 1.165) is 0 Å². The quantitative estimate of drug-likeness (QED) is 0.641. The van der Waals surface area contributed by atoms with E-state index in [2.05, 4.69) is 4.98 Å². The summed E-state index contributed by atoms with van der Waals surface area (Å²) in [5.74, 6) is 0.00376. The smallest absolute Gasteiger partial charge is 0.313 e. The van der Waals surface area contributed by atoms with Crippen LogP contribution >= 0.6 is 0 Å². The van der Waals surface area contributed by atoms with Crippen LogP contribution in [0.15, 0.2) is 6.20 Å². The molecule has 150 valence electrons. The number of aromatic nitrogens is 2. The van der Waals surface area contributed by atoms with Crippen LogP contribution in [0, 0.1) is 5.92 Å². The molecule has 0 bridgehead atoms. The molecule has 0 radical (unpaired) electrons. The van der Waals surface area contributed by atoms with Gasteiger partial charge in [0.25, 0.3) is 0 Å². The number of rotatable bonds is 5. The molecule has 3 rings (SSSR count). The van der Waals surface area contributed by atoms with E-state index in [1.165, 1.54) is 0 Å². The Kier molecular flexibility index (Phi) is 5.83. The Morgan fingerprint density at radius 3 is 2.59 bits per heavy atom. The van der Waals surface area contributed by atoms with Crippen LogP contribution in [0.1, 0.15) is 25.8 Å². The highest BCUT2D eigenvalue weighted by Crippen LogP contribution is 2.33. The van der Waals surface area contributed by atoms with Crippen LogP contribution in [0.4, 0.5) is 11.8 Å². The SMILES string of the molecule is CC(C)(C(=O)O)c1cnc(N2CC[C@@H](CO)[C@H](O)C2)nc1N1CCOCC1. The molecule has 2 atom stereocenters. The number of hydrogen-bond donors (Lipinski definition) is 3. The van der Waals surface area contributed by atoms with Crippen LogP contribution < -0.4 is 9.80 Å². The van der Waals surface area contributed by atoms with Crippen LogP contribution in [0.2, 0.25) is 0 Å². The molecule has 0 spiro atoms. The summed E-state index contributed by atoms with van der Waals surface area (Å²) in [4.78, 5) is 24.8. The highest BCUT2D eigenvalue weighted by molar-refractivity contribution is 5.82. The molecule has 0 saturated carbocycles. The molecule has 2 fully saturated rings. The lowest BCUT2D eigenvalue weighted by Crippen LogP contribution is -2.46. The Hall–Kier alpha value is -1.97. The lowest BCUT2D eigenvalue weighted by molar-refractivity contribution is -0.142. The van der Waals surface area contributed by atoms with E-state index in [4.69, 9.17) is 9.72 Å². The minimum Gasteiger partial charge on any atom is -0.481 e. The Labute approximate surface area is 158 Å². The van der Waals surface area contributed by atoms with E-state index in [9.17, 15) is 20.1 Å². The second-order valence-corrected chi connectivity index (χ2v) is 7.68. The molecule has 0 amide bonds. The first-order valence-electron chi connectivity index (χ1n) is 9.32. The third-order valence-electron chi connectivity index (χ3n) is 5.51. The normalized spacial score (nSPS) is 24.1. The molecule has 9 nitrogen and oxygen atoms in total. The molecule has 3 N–H and O–H groups in total. The monoisotopic (exact) mass is 380 g/mol. The van der Waals surface area contributed by atoms with Gasteiger partial charge in [-0.15, -0.1) is 0 Å². The first-order chi connectivity index (χ1) is 12.8. The van der Waals surface area contributed by atoms with Crippen molar-refractivity contribution >= 4 is 17.7 Å². The first-order valence-corrected chi connectivity index (χ1v) is 9.32. The van der Waals surface area contributed by atoms with E-state index in [1.54, 1.807) is 20.0 Å². The van der Waals surface area contributed by atoms with Crippen molar-refractivity contribution in [1.29, 1.82) is 0 Å². The minimum atomic E-state index is -1.13. The fourth-order valence-electron chi connectivity index (χ4n) is 3.46. The highest BCUT2D eigenvalue weighted by Gasteiger charge is 2.36. The zero-order valence-corrected chi connectivity index (χ0v) is 15.8. The van der Waals surface area contributed by atoms with Crippen molar-refractivity contribution in [1.82, 2.24) is 9.97 Å². The number of aliphatic carboxylic acids is 1. The van der Waals surface area contributed by atoms with Gasteiger partial charge in [-0.3, -0.25) is 4.79 Å². The Balaban J connectivity index is 1.94. The van der Waals surface area contributed by atoms with E-state index in [-0.39, 0.29) is 12.5 Å². The van der Waals surface area contributed by atoms with Gasteiger partial charge in [0.2, 0.25) is 5.95 Å².